The smallest absolute Gasteiger partial charge is 0.410 e. The van der Waals surface area contributed by atoms with Crippen molar-refractivity contribution in [1.82, 2.24) is 25.2 Å². The summed E-state index contributed by atoms with van der Waals surface area (Å²) in [5.41, 5.74) is 1.88. The van der Waals surface area contributed by atoms with Gasteiger partial charge in [0.05, 0.1) is 12.1 Å². The van der Waals surface area contributed by atoms with Crippen LogP contribution < -0.4 is 20.9 Å². The molecule has 3 aromatic rings. The lowest BCUT2D eigenvalue weighted by Gasteiger charge is -2.45. The van der Waals surface area contributed by atoms with Crippen LogP contribution in [0.25, 0.3) is 11.0 Å². The maximum atomic E-state index is 12.8. The molecule has 0 spiro atoms. The van der Waals surface area contributed by atoms with E-state index in [9.17, 15) is 9.59 Å². The first-order chi connectivity index (χ1) is 20.0. The van der Waals surface area contributed by atoms with E-state index >= 15 is 0 Å². The van der Waals surface area contributed by atoms with Gasteiger partial charge in [-0.15, -0.1) is 0 Å². The van der Waals surface area contributed by atoms with Gasteiger partial charge in [-0.1, -0.05) is 19.3 Å². The maximum Gasteiger partial charge on any atom is 0.410 e. The fourth-order valence-electron chi connectivity index (χ4n) is 5.72. The van der Waals surface area contributed by atoms with Crippen LogP contribution in [0.5, 0.6) is 0 Å². The van der Waals surface area contributed by atoms with Crippen molar-refractivity contribution in [3.8, 4) is 0 Å². The molecule has 2 aromatic heterocycles. The van der Waals surface area contributed by atoms with Crippen molar-refractivity contribution < 1.29 is 14.3 Å². The Balaban J connectivity index is 1.20. The van der Waals surface area contributed by atoms with Gasteiger partial charge in [0.2, 0.25) is 5.95 Å². The van der Waals surface area contributed by atoms with E-state index in [1.165, 1.54) is 6.42 Å². The maximum absolute atomic E-state index is 12.8. The Morgan fingerprint density at radius 2 is 1.62 bits per heavy atom. The van der Waals surface area contributed by atoms with Crippen LogP contribution in [0.3, 0.4) is 0 Å². The Morgan fingerprint density at radius 1 is 0.929 bits per heavy atom. The van der Waals surface area contributed by atoms with Crippen LogP contribution in [0.2, 0.25) is 0 Å². The van der Waals surface area contributed by atoms with E-state index in [1.54, 1.807) is 12.3 Å². The first-order valence-corrected chi connectivity index (χ1v) is 14.9. The lowest BCUT2D eigenvalue weighted by Crippen LogP contribution is -2.59. The van der Waals surface area contributed by atoms with E-state index in [0.29, 0.717) is 30.5 Å². The fourth-order valence-corrected chi connectivity index (χ4v) is 5.72. The van der Waals surface area contributed by atoms with Crippen molar-refractivity contribution in [2.75, 3.05) is 28.6 Å². The standard InChI is InChI=1S/C31H42N8O3/c1-20-18-38(19-21(2)39(20)30(41)42-31(3,4)5)25-14-12-24(13-15-25)33-28-32-17-22-11-16-26(35-27(22)37-28)36-29(40)34-23-9-7-6-8-10-23/h11-17,20-21,23H,6-10,18-19H2,1-5H3,(H3,32,33,34,35,36,37,40). The molecule has 1 saturated carbocycles. The van der Waals surface area contributed by atoms with Crippen LogP contribution in [0.4, 0.5) is 32.7 Å². The van der Waals surface area contributed by atoms with Crippen molar-refractivity contribution in [1.29, 1.82) is 0 Å². The molecule has 2 aliphatic rings. The fraction of sp³-hybridized carbons (Fsp3) is 0.516. The number of hydrogen-bond donors (Lipinski definition) is 3. The summed E-state index contributed by atoms with van der Waals surface area (Å²) < 4.78 is 5.63. The Hall–Kier alpha value is -4.15. The van der Waals surface area contributed by atoms with E-state index in [-0.39, 0.29) is 30.2 Å². The third-order valence-electron chi connectivity index (χ3n) is 7.64. The summed E-state index contributed by atoms with van der Waals surface area (Å²) >= 11 is 0. The number of pyridine rings is 1. The summed E-state index contributed by atoms with van der Waals surface area (Å²) in [6.07, 6.45) is 7.02. The minimum atomic E-state index is -0.523. The minimum absolute atomic E-state index is 0.0117. The highest BCUT2D eigenvalue weighted by Gasteiger charge is 2.35. The second kappa shape index (κ2) is 12.4. The molecule has 224 valence electrons. The van der Waals surface area contributed by atoms with Gasteiger partial charge in [0.1, 0.15) is 11.4 Å². The van der Waals surface area contributed by atoms with Gasteiger partial charge in [0.15, 0.2) is 5.65 Å². The molecule has 2 atom stereocenters. The molecule has 11 nitrogen and oxygen atoms in total. The van der Waals surface area contributed by atoms with Gasteiger partial charge < -0.3 is 20.3 Å². The number of carbonyl (C=O) groups is 2. The topological polar surface area (TPSA) is 125 Å². The first kappa shape index (κ1) is 29.3. The molecule has 3 N–H and O–H groups in total. The zero-order valence-electron chi connectivity index (χ0n) is 25.2. The van der Waals surface area contributed by atoms with Gasteiger partial charge in [-0.3, -0.25) is 10.2 Å². The van der Waals surface area contributed by atoms with E-state index in [0.717, 1.165) is 42.4 Å². The Labute approximate surface area is 247 Å². The van der Waals surface area contributed by atoms with E-state index in [4.69, 9.17) is 4.74 Å². The van der Waals surface area contributed by atoms with E-state index in [1.807, 2.05) is 43.9 Å². The second-order valence-corrected chi connectivity index (χ2v) is 12.4. The monoisotopic (exact) mass is 574 g/mol. The van der Waals surface area contributed by atoms with Gasteiger partial charge in [-0.2, -0.15) is 4.98 Å². The van der Waals surface area contributed by atoms with Crippen molar-refractivity contribution in [2.45, 2.75) is 90.4 Å². The summed E-state index contributed by atoms with van der Waals surface area (Å²) in [5.74, 6) is 0.861. The number of nitrogens with one attached hydrogen (secondary N) is 3. The zero-order chi connectivity index (χ0) is 29.9. The quantitative estimate of drug-likeness (QED) is 0.336. The molecule has 1 saturated heterocycles. The molecule has 42 heavy (non-hydrogen) atoms. The van der Waals surface area contributed by atoms with Crippen LogP contribution in [0.15, 0.2) is 42.6 Å². The number of ether oxygens (including phenoxy) is 1. The minimum Gasteiger partial charge on any atom is -0.444 e. The second-order valence-electron chi connectivity index (χ2n) is 12.4. The number of amides is 3. The molecule has 3 heterocycles. The number of rotatable bonds is 5. The molecule has 0 radical (unpaired) electrons. The lowest BCUT2D eigenvalue weighted by molar-refractivity contribution is 0.00565. The lowest BCUT2D eigenvalue weighted by atomic mass is 9.96. The number of piperazine rings is 1. The summed E-state index contributed by atoms with van der Waals surface area (Å²) in [6, 6.07) is 11.7. The van der Waals surface area contributed by atoms with Crippen LogP contribution in [0, 0.1) is 0 Å². The highest BCUT2D eigenvalue weighted by Crippen LogP contribution is 2.26. The third-order valence-corrected chi connectivity index (χ3v) is 7.64. The number of carbonyl (C=O) groups excluding carboxylic acids is 2. The SMILES string of the molecule is CC1CN(c2ccc(Nc3ncc4ccc(NC(=O)NC5CCCCC5)nc4n3)cc2)CC(C)N1C(=O)OC(C)(C)C. The van der Waals surface area contributed by atoms with Gasteiger partial charge in [0, 0.05) is 42.1 Å². The predicted octanol–water partition coefficient (Wildman–Crippen LogP) is 6.06. The molecule has 2 unspecified atom stereocenters. The molecule has 1 aliphatic heterocycles. The molecule has 0 bridgehead atoms. The summed E-state index contributed by atoms with van der Waals surface area (Å²) in [4.78, 5) is 42.9. The third kappa shape index (κ3) is 7.37. The average Bonchev–Trinajstić information content (AvgIpc) is 2.92. The number of benzene rings is 1. The molecular formula is C31H42N8O3. The van der Waals surface area contributed by atoms with Crippen molar-refractivity contribution >= 4 is 46.3 Å². The largest absolute Gasteiger partial charge is 0.444 e. The van der Waals surface area contributed by atoms with Gasteiger partial charge >= 0.3 is 12.1 Å². The highest BCUT2D eigenvalue weighted by atomic mass is 16.6. The van der Waals surface area contributed by atoms with Gasteiger partial charge in [-0.05, 0) is 83.9 Å². The number of anilines is 4. The zero-order valence-corrected chi connectivity index (χ0v) is 25.2. The molecule has 1 aliphatic carbocycles. The van der Waals surface area contributed by atoms with Crippen LogP contribution >= 0.6 is 0 Å². The van der Waals surface area contributed by atoms with Crippen LogP contribution in [0.1, 0.15) is 66.7 Å². The number of fused-ring (bicyclic) bond motifs is 1. The Bertz CT molecular complexity index is 1390. The molecule has 1 aromatic carbocycles. The molecule has 3 amide bonds. The predicted molar refractivity (Wildman–Crippen MR) is 165 cm³/mol. The Morgan fingerprint density at radius 3 is 2.29 bits per heavy atom. The summed E-state index contributed by atoms with van der Waals surface area (Å²) in [5, 5.41) is 9.92. The molecule has 5 rings (SSSR count). The highest BCUT2D eigenvalue weighted by molar-refractivity contribution is 5.90. The normalized spacial score (nSPS) is 19.8. The van der Waals surface area contributed by atoms with Crippen molar-refractivity contribution in [3.05, 3.63) is 42.6 Å². The number of hydrogen-bond acceptors (Lipinski definition) is 8. The van der Waals surface area contributed by atoms with Gasteiger partial charge in [-0.25, -0.2) is 19.6 Å². The van der Waals surface area contributed by atoms with E-state index < -0.39 is 5.60 Å². The molecule has 11 heteroatoms. The first-order valence-electron chi connectivity index (χ1n) is 14.9. The van der Waals surface area contributed by atoms with E-state index in [2.05, 4.69) is 61.8 Å². The molecule has 2 fully saturated rings. The Kier molecular flexibility index (Phi) is 8.65. The van der Waals surface area contributed by atoms with Gasteiger partial charge in [0.25, 0.3) is 0 Å². The van der Waals surface area contributed by atoms with Crippen LogP contribution in [-0.4, -0.2) is 68.8 Å². The number of nitrogens with zero attached hydrogens (tertiary/aromatic N) is 5. The summed E-state index contributed by atoms with van der Waals surface area (Å²) in [6.45, 7) is 11.2. The van der Waals surface area contributed by atoms with Crippen molar-refractivity contribution in [3.63, 3.8) is 0 Å². The number of aromatic nitrogens is 3. The molecular weight excluding hydrogens is 532 g/mol. The van der Waals surface area contributed by atoms with Crippen LogP contribution in [-0.2, 0) is 4.74 Å². The average molecular weight is 575 g/mol. The number of urea groups is 1. The summed E-state index contributed by atoms with van der Waals surface area (Å²) in [7, 11) is 0. The van der Waals surface area contributed by atoms with Crippen molar-refractivity contribution in [2.24, 2.45) is 0 Å².